The van der Waals surface area contributed by atoms with E-state index in [1.807, 2.05) is 49.4 Å². The smallest absolute Gasteiger partial charge is 0.257 e. The first-order valence-corrected chi connectivity index (χ1v) is 15.3. The molecule has 3 aromatic rings. The van der Waals surface area contributed by atoms with Crippen LogP contribution in [0.25, 0.3) is 0 Å². The number of anilines is 1. The number of pyridine rings is 2. The number of carbonyl (C=O) groups excluding carboxylic acids is 1. The van der Waals surface area contributed by atoms with E-state index in [4.69, 9.17) is 10.4 Å². The predicted molar refractivity (Wildman–Crippen MR) is 175 cm³/mol. The molecule has 3 aliphatic rings. The van der Waals surface area contributed by atoms with Crippen molar-refractivity contribution in [1.82, 2.24) is 14.9 Å². The SMILES string of the molecule is C=C.CC1C(c2ccccc2)CC(c2cnc3c(c2)CC(C(=O)Nc2ccccn2)C3)C(=N)N1C(=N)C1(C(C)(F)F)CC1.CN. The lowest BCUT2D eigenvalue weighted by molar-refractivity contribution is -0.119. The lowest BCUT2D eigenvalue weighted by atomic mass is 9.75. The zero-order valence-electron chi connectivity index (χ0n) is 26.2. The van der Waals surface area contributed by atoms with Gasteiger partial charge in [-0.1, -0.05) is 42.5 Å². The van der Waals surface area contributed by atoms with Crippen LogP contribution in [0.5, 0.6) is 0 Å². The van der Waals surface area contributed by atoms with Gasteiger partial charge in [0.1, 0.15) is 17.5 Å². The zero-order valence-corrected chi connectivity index (χ0v) is 26.2. The highest BCUT2D eigenvalue weighted by atomic mass is 19.3. The molecule has 0 radical (unpaired) electrons. The van der Waals surface area contributed by atoms with Crippen LogP contribution in [0.3, 0.4) is 0 Å². The summed E-state index contributed by atoms with van der Waals surface area (Å²) in [6.45, 7) is 8.83. The van der Waals surface area contributed by atoms with E-state index in [2.05, 4.69) is 29.2 Å². The second-order valence-corrected chi connectivity index (χ2v) is 11.8. The Kier molecular flexibility index (Phi) is 10.3. The number of amidine groups is 2. The molecule has 8 nitrogen and oxygen atoms in total. The number of aromatic nitrogens is 2. The summed E-state index contributed by atoms with van der Waals surface area (Å²) in [5.41, 5.74) is 6.67. The maximum atomic E-state index is 14.8. The first-order valence-electron chi connectivity index (χ1n) is 15.3. The van der Waals surface area contributed by atoms with E-state index in [-0.39, 0.29) is 48.3 Å². The Morgan fingerprint density at radius 1 is 1.07 bits per heavy atom. The highest BCUT2D eigenvalue weighted by Crippen LogP contribution is 2.59. The van der Waals surface area contributed by atoms with Gasteiger partial charge in [-0.3, -0.25) is 20.6 Å². The minimum atomic E-state index is -3.04. The molecule has 6 rings (SSSR count). The van der Waals surface area contributed by atoms with Crippen molar-refractivity contribution in [3.05, 3.63) is 103 Å². The Hall–Kier alpha value is -4.31. The fraction of sp³-hybridized carbons (Fsp3) is 0.400. The van der Waals surface area contributed by atoms with Crippen LogP contribution in [0.2, 0.25) is 0 Å². The number of rotatable bonds is 6. The molecule has 2 fully saturated rings. The molecular weight excluding hydrogens is 572 g/mol. The summed E-state index contributed by atoms with van der Waals surface area (Å²) >= 11 is 0. The molecule has 1 aliphatic heterocycles. The first-order chi connectivity index (χ1) is 21.6. The van der Waals surface area contributed by atoms with Gasteiger partial charge in [0, 0.05) is 55.2 Å². The van der Waals surface area contributed by atoms with Crippen molar-refractivity contribution in [3.63, 3.8) is 0 Å². The van der Waals surface area contributed by atoms with Crippen LogP contribution < -0.4 is 11.1 Å². The van der Waals surface area contributed by atoms with Crippen molar-refractivity contribution in [2.75, 3.05) is 12.4 Å². The van der Waals surface area contributed by atoms with Crippen LogP contribution in [0.15, 0.2) is 80.1 Å². The van der Waals surface area contributed by atoms with Gasteiger partial charge in [0.25, 0.3) is 5.92 Å². The van der Waals surface area contributed by atoms with Crippen molar-refractivity contribution in [2.45, 2.75) is 69.8 Å². The Balaban J connectivity index is 0.00000111. The van der Waals surface area contributed by atoms with E-state index >= 15 is 0 Å². The van der Waals surface area contributed by atoms with Gasteiger partial charge < -0.3 is 16.0 Å². The topological polar surface area (TPSA) is 132 Å². The van der Waals surface area contributed by atoms with E-state index in [9.17, 15) is 19.0 Å². The number of benzene rings is 1. The maximum Gasteiger partial charge on any atom is 0.257 e. The van der Waals surface area contributed by atoms with E-state index in [1.54, 1.807) is 29.4 Å². The van der Waals surface area contributed by atoms with Gasteiger partial charge >= 0.3 is 0 Å². The van der Waals surface area contributed by atoms with Gasteiger partial charge in [0.15, 0.2) is 0 Å². The Labute approximate surface area is 264 Å². The molecule has 3 heterocycles. The molecule has 10 heteroatoms. The molecule has 4 atom stereocenters. The number of nitrogens with zero attached hydrogens (tertiary/aromatic N) is 3. The summed E-state index contributed by atoms with van der Waals surface area (Å²) < 4.78 is 29.5. The van der Waals surface area contributed by atoms with Crippen LogP contribution in [-0.4, -0.2) is 51.5 Å². The number of fused-ring (bicyclic) bond motifs is 1. The van der Waals surface area contributed by atoms with Gasteiger partial charge in [0.05, 0.1) is 5.41 Å². The molecule has 1 saturated heterocycles. The average Bonchev–Trinajstić information content (AvgIpc) is 3.78. The third-order valence-corrected chi connectivity index (χ3v) is 9.26. The molecule has 1 saturated carbocycles. The van der Waals surface area contributed by atoms with Gasteiger partial charge in [0.2, 0.25) is 5.91 Å². The number of carbonyl (C=O) groups is 1. The van der Waals surface area contributed by atoms with Crippen molar-refractivity contribution in [2.24, 2.45) is 17.1 Å². The van der Waals surface area contributed by atoms with Crippen molar-refractivity contribution in [3.8, 4) is 0 Å². The number of nitrogens with one attached hydrogen (secondary N) is 3. The Morgan fingerprint density at radius 2 is 1.73 bits per heavy atom. The van der Waals surface area contributed by atoms with Crippen LogP contribution >= 0.6 is 0 Å². The number of nitrogens with two attached hydrogens (primary N) is 1. The van der Waals surface area contributed by atoms with Crippen molar-refractivity contribution < 1.29 is 13.6 Å². The highest BCUT2D eigenvalue weighted by Gasteiger charge is 2.64. The molecule has 238 valence electrons. The molecular formula is C35H43F2N7O. The standard InChI is InChI=1S/C32H34F2N6O.C2H4.CH5N/c1-19-24(20-8-4-3-5-9-20)17-25(28(35)40(19)30(36)32(11-12-32)31(2,33)34)23-15-21-14-22(16-26(21)38-18-23)29(41)39-27-10-6-7-13-37-27;2*1-2/h3-10,13,15,18-19,22,24-25,35-36H,11-12,14,16-17H2,1-2H3,(H,37,39,41);1-2H2;2H2,1H3. The summed E-state index contributed by atoms with van der Waals surface area (Å²) in [7, 11) is 1.50. The van der Waals surface area contributed by atoms with Gasteiger partial charge in [-0.05, 0) is 68.5 Å². The number of amides is 1. The molecule has 45 heavy (non-hydrogen) atoms. The van der Waals surface area contributed by atoms with Crippen molar-refractivity contribution >= 4 is 23.4 Å². The second kappa shape index (κ2) is 13.8. The lowest BCUT2D eigenvalue weighted by Gasteiger charge is -2.47. The second-order valence-electron chi connectivity index (χ2n) is 11.8. The van der Waals surface area contributed by atoms with Crippen LogP contribution in [0.1, 0.15) is 67.3 Å². The van der Waals surface area contributed by atoms with Crippen LogP contribution in [0, 0.1) is 22.2 Å². The number of likely N-dealkylation sites (tertiary alicyclic amines) is 1. The minimum Gasteiger partial charge on any atom is -0.333 e. The molecule has 0 bridgehead atoms. The van der Waals surface area contributed by atoms with E-state index in [0.29, 0.717) is 25.1 Å². The highest BCUT2D eigenvalue weighted by molar-refractivity contribution is 6.05. The molecule has 1 aromatic carbocycles. The number of hydrogen-bond donors (Lipinski definition) is 4. The first kappa shape index (κ1) is 33.6. The summed E-state index contributed by atoms with van der Waals surface area (Å²) in [4.78, 5) is 23.4. The lowest BCUT2D eigenvalue weighted by Crippen LogP contribution is -2.56. The number of halogens is 2. The van der Waals surface area contributed by atoms with Gasteiger partial charge in [-0.25, -0.2) is 13.8 Å². The van der Waals surface area contributed by atoms with E-state index in [1.165, 1.54) is 7.05 Å². The fourth-order valence-electron chi connectivity index (χ4n) is 6.63. The molecule has 4 unspecified atom stereocenters. The van der Waals surface area contributed by atoms with Crippen LogP contribution in [0.4, 0.5) is 14.6 Å². The summed E-state index contributed by atoms with van der Waals surface area (Å²) in [5, 5.41) is 21.1. The van der Waals surface area contributed by atoms with Crippen LogP contribution in [-0.2, 0) is 17.6 Å². The Bertz CT molecular complexity index is 1510. The largest absolute Gasteiger partial charge is 0.333 e. The monoisotopic (exact) mass is 615 g/mol. The molecule has 2 aromatic heterocycles. The molecule has 5 N–H and O–H groups in total. The van der Waals surface area contributed by atoms with Gasteiger partial charge in [-0.2, -0.15) is 0 Å². The van der Waals surface area contributed by atoms with E-state index in [0.717, 1.165) is 29.3 Å². The van der Waals surface area contributed by atoms with E-state index < -0.39 is 17.3 Å². The van der Waals surface area contributed by atoms with Gasteiger partial charge in [-0.15, -0.1) is 13.2 Å². The third-order valence-electron chi connectivity index (χ3n) is 9.26. The molecule has 0 spiro atoms. The zero-order chi connectivity index (χ0) is 32.9. The maximum absolute atomic E-state index is 14.8. The number of piperidine rings is 1. The Morgan fingerprint density at radius 3 is 2.33 bits per heavy atom. The van der Waals surface area contributed by atoms with Crippen molar-refractivity contribution in [1.29, 1.82) is 10.8 Å². The summed E-state index contributed by atoms with van der Waals surface area (Å²) in [6.07, 6.45) is 5.53. The quantitative estimate of drug-likeness (QED) is 0.142. The minimum absolute atomic E-state index is 0.0675. The number of hydrogen-bond acceptors (Lipinski definition) is 6. The molecule has 1 amide bonds. The molecule has 2 aliphatic carbocycles. The predicted octanol–water partition coefficient (Wildman–Crippen LogP) is 6.56. The number of alkyl halides is 2. The fourth-order valence-corrected chi connectivity index (χ4v) is 6.63. The normalized spacial score (nSPS) is 23.0. The summed E-state index contributed by atoms with van der Waals surface area (Å²) in [6, 6.07) is 17.0. The average molecular weight is 616 g/mol. The summed E-state index contributed by atoms with van der Waals surface area (Å²) in [5.74, 6) is -3.40. The third kappa shape index (κ3) is 6.56.